The standard InChI is InChI=1S/C24H30BrFN2O3/c1-15(2)18-10-11-22(20(25)12-18)31-14-23(29)28(17(5)24(30)27-16(3)4)13-19-8-6-7-9-21(19)26/h6-12,15-17H,13-14H2,1-5H3,(H,27,30). The van der Waals surface area contributed by atoms with Gasteiger partial charge in [-0.1, -0.05) is 38.1 Å². The van der Waals surface area contributed by atoms with Gasteiger partial charge in [-0.25, -0.2) is 4.39 Å². The third-order valence-electron chi connectivity index (χ3n) is 4.87. The minimum Gasteiger partial charge on any atom is -0.483 e. The molecule has 0 aromatic heterocycles. The van der Waals surface area contributed by atoms with Crippen molar-refractivity contribution in [1.29, 1.82) is 0 Å². The molecule has 0 aliphatic carbocycles. The van der Waals surface area contributed by atoms with Crippen LogP contribution < -0.4 is 10.1 Å². The van der Waals surface area contributed by atoms with Crippen LogP contribution in [-0.2, 0) is 16.1 Å². The predicted octanol–water partition coefficient (Wildman–Crippen LogP) is 5.03. The number of rotatable bonds is 9. The number of nitrogens with one attached hydrogen (secondary N) is 1. The molecule has 2 aromatic rings. The summed E-state index contributed by atoms with van der Waals surface area (Å²) >= 11 is 3.48. The lowest BCUT2D eigenvalue weighted by atomic mass is 10.0. The summed E-state index contributed by atoms with van der Waals surface area (Å²) in [4.78, 5) is 26.9. The first kappa shape index (κ1) is 24.9. The van der Waals surface area contributed by atoms with E-state index in [1.807, 2.05) is 32.0 Å². The smallest absolute Gasteiger partial charge is 0.261 e. The van der Waals surface area contributed by atoms with Crippen LogP contribution in [-0.4, -0.2) is 35.4 Å². The lowest BCUT2D eigenvalue weighted by molar-refractivity contribution is -0.142. The van der Waals surface area contributed by atoms with Crippen molar-refractivity contribution in [2.45, 2.75) is 59.2 Å². The van der Waals surface area contributed by atoms with E-state index in [4.69, 9.17) is 4.74 Å². The molecule has 0 saturated heterocycles. The van der Waals surface area contributed by atoms with Gasteiger partial charge in [0.15, 0.2) is 6.61 Å². The molecular formula is C24H30BrFN2O3. The fourth-order valence-electron chi connectivity index (χ4n) is 3.01. The number of carbonyl (C=O) groups is 2. The van der Waals surface area contributed by atoms with Gasteiger partial charge in [-0.15, -0.1) is 0 Å². The summed E-state index contributed by atoms with van der Waals surface area (Å²) in [7, 11) is 0. The number of nitrogens with zero attached hydrogens (tertiary/aromatic N) is 1. The van der Waals surface area contributed by atoms with Gasteiger partial charge >= 0.3 is 0 Å². The summed E-state index contributed by atoms with van der Waals surface area (Å²) in [6.45, 7) is 9.20. The minimum absolute atomic E-state index is 0.0327. The molecule has 0 fully saturated rings. The van der Waals surface area contributed by atoms with Crippen LogP contribution in [0.5, 0.6) is 5.75 Å². The van der Waals surface area contributed by atoms with Gasteiger partial charge in [0, 0.05) is 18.2 Å². The van der Waals surface area contributed by atoms with Gasteiger partial charge < -0.3 is 15.0 Å². The van der Waals surface area contributed by atoms with E-state index in [1.54, 1.807) is 25.1 Å². The quantitative estimate of drug-likeness (QED) is 0.533. The molecule has 0 bridgehead atoms. The summed E-state index contributed by atoms with van der Waals surface area (Å²) in [6.07, 6.45) is 0. The molecule has 31 heavy (non-hydrogen) atoms. The first-order valence-electron chi connectivity index (χ1n) is 10.4. The van der Waals surface area contributed by atoms with Crippen LogP contribution >= 0.6 is 15.9 Å². The highest BCUT2D eigenvalue weighted by molar-refractivity contribution is 9.10. The van der Waals surface area contributed by atoms with Gasteiger partial charge in [0.05, 0.1) is 4.47 Å². The fourth-order valence-corrected chi connectivity index (χ4v) is 3.52. The average Bonchev–Trinajstić information content (AvgIpc) is 2.70. The SMILES string of the molecule is CC(C)NC(=O)C(C)N(Cc1ccccc1F)C(=O)COc1ccc(C(C)C)cc1Br. The maximum atomic E-state index is 14.2. The van der Waals surface area contributed by atoms with E-state index in [0.29, 0.717) is 17.2 Å². The minimum atomic E-state index is -0.787. The lowest BCUT2D eigenvalue weighted by Crippen LogP contribution is -2.50. The van der Waals surface area contributed by atoms with Crippen LogP contribution in [0.25, 0.3) is 0 Å². The van der Waals surface area contributed by atoms with Crippen molar-refractivity contribution in [3.05, 3.63) is 63.9 Å². The molecule has 0 spiro atoms. The van der Waals surface area contributed by atoms with E-state index < -0.39 is 17.8 Å². The molecule has 1 N–H and O–H groups in total. The Morgan fingerprint density at radius 2 is 1.77 bits per heavy atom. The second kappa shape index (κ2) is 11.3. The molecule has 2 aromatic carbocycles. The third kappa shape index (κ3) is 7.06. The van der Waals surface area contributed by atoms with Gasteiger partial charge in [-0.2, -0.15) is 0 Å². The molecule has 1 unspecified atom stereocenters. The Bertz CT molecular complexity index is 917. The topological polar surface area (TPSA) is 58.6 Å². The predicted molar refractivity (Wildman–Crippen MR) is 123 cm³/mol. The second-order valence-electron chi connectivity index (χ2n) is 8.09. The molecule has 7 heteroatoms. The van der Waals surface area contributed by atoms with Crippen LogP contribution in [0, 0.1) is 5.82 Å². The molecule has 0 radical (unpaired) electrons. The van der Waals surface area contributed by atoms with Crippen LogP contribution in [0.4, 0.5) is 4.39 Å². The number of halogens is 2. The van der Waals surface area contributed by atoms with Crippen LogP contribution in [0.2, 0.25) is 0 Å². The second-order valence-corrected chi connectivity index (χ2v) is 8.94. The zero-order valence-corrected chi connectivity index (χ0v) is 20.2. The number of hydrogen-bond acceptors (Lipinski definition) is 3. The van der Waals surface area contributed by atoms with E-state index in [0.717, 1.165) is 10.0 Å². The Balaban J connectivity index is 2.19. The average molecular weight is 493 g/mol. The molecule has 0 aliphatic heterocycles. The Morgan fingerprint density at radius 3 is 2.35 bits per heavy atom. The highest BCUT2D eigenvalue weighted by Gasteiger charge is 2.27. The molecule has 168 valence electrons. The zero-order chi connectivity index (χ0) is 23.1. The number of carbonyl (C=O) groups excluding carboxylic acids is 2. The highest BCUT2D eigenvalue weighted by atomic mass is 79.9. The molecule has 2 rings (SSSR count). The van der Waals surface area contributed by atoms with Crippen molar-refractivity contribution in [2.24, 2.45) is 0 Å². The van der Waals surface area contributed by atoms with E-state index in [9.17, 15) is 14.0 Å². The van der Waals surface area contributed by atoms with Crippen molar-refractivity contribution < 1.29 is 18.7 Å². The number of hydrogen-bond donors (Lipinski definition) is 1. The van der Waals surface area contributed by atoms with Crippen LogP contribution in [0.15, 0.2) is 46.9 Å². The molecule has 1 atom stereocenters. The molecule has 5 nitrogen and oxygen atoms in total. The fraction of sp³-hybridized carbons (Fsp3) is 0.417. The Hall–Kier alpha value is -2.41. The summed E-state index contributed by atoms with van der Waals surface area (Å²) < 4.78 is 20.7. The van der Waals surface area contributed by atoms with E-state index >= 15 is 0 Å². The van der Waals surface area contributed by atoms with Crippen molar-refractivity contribution in [3.63, 3.8) is 0 Å². The van der Waals surface area contributed by atoms with Gasteiger partial charge in [0.25, 0.3) is 5.91 Å². The molecule has 0 heterocycles. The summed E-state index contributed by atoms with van der Waals surface area (Å²) in [6, 6.07) is 11.1. The van der Waals surface area contributed by atoms with Crippen molar-refractivity contribution in [2.75, 3.05) is 6.61 Å². The first-order chi connectivity index (χ1) is 14.6. The monoisotopic (exact) mass is 492 g/mol. The summed E-state index contributed by atoms with van der Waals surface area (Å²) in [5.74, 6) is -0.243. The van der Waals surface area contributed by atoms with Gasteiger partial charge in [-0.05, 0) is 66.4 Å². The Morgan fingerprint density at radius 1 is 1.10 bits per heavy atom. The largest absolute Gasteiger partial charge is 0.483 e. The summed E-state index contributed by atoms with van der Waals surface area (Å²) in [5.41, 5.74) is 1.48. The molecular weight excluding hydrogens is 463 g/mol. The number of ether oxygens (including phenoxy) is 1. The van der Waals surface area contributed by atoms with Crippen LogP contribution in [0.3, 0.4) is 0 Å². The summed E-state index contributed by atoms with van der Waals surface area (Å²) in [5, 5.41) is 2.80. The van der Waals surface area contributed by atoms with Crippen molar-refractivity contribution >= 4 is 27.7 Å². The Labute approximate surface area is 192 Å². The molecule has 0 saturated carbocycles. The van der Waals surface area contributed by atoms with Gasteiger partial charge in [0.1, 0.15) is 17.6 Å². The lowest BCUT2D eigenvalue weighted by Gasteiger charge is -2.29. The van der Waals surface area contributed by atoms with Crippen molar-refractivity contribution in [1.82, 2.24) is 10.2 Å². The zero-order valence-electron chi connectivity index (χ0n) is 18.6. The van der Waals surface area contributed by atoms with Crippen molar-refractivity contribution in [3.8, 4) is 5.75 Å². The van der Waals surface area contributed by atoms with Crippen LogP contribution in [0.1, 0.15) is 51.7 Å². The third-order valence-corrected chi connectivity index (χ3v) is 5.49. The van der Waals surface area contributed by atoms with E-state index in [2.05, 4.69) is 35.1 Å². The van der Waals surface area contributed by atoms with Gasteiger partial charge in [-0.3, -0.25) is 9.59 Å². The van der Waals surface area contributed by atoms with Gasteiger partial charge in [0.2, 0.25) is 5.91 Å². The molecule has 0 aliphatic rings. The normalized spacial score (nSPS) is 12.0. The number of amides is 2. The number of benzene rings is 2. The molecule has 2 amide bonds. The van der Waals surface area contributed by atoms with E-state index in [1.165, 1.54) is 11.0 Å². The van der Waals surface area contributed by atoms with E-state index in [-0.39, 0.29) is 25.1 Å². The highest BCUT2D eigenvalue weighted by Crippen LogP contribution is 2.29. The maximum absolute atomic E-state index is 14.2. The first-order valence-corrected chi connectivity index (χ1v) is 11.1. The Kier molecular flexibility index (Phi) is 9.04. The maximum Gasteiger partial charge on any atom is 0.261 e.